The number of nitrogens with zero attached hydrogens (tertiary/aromatic N) is 2. The number of aromatic nitrogens is 1. The molecule has 2 heterocycles. The lowest BCUT2D eigenvalue weighted by atomic mass is 9.90. The van der Waals surface area contributed by atoms with E-state index in [1.54, 1.807) is 10.4 Å². The lowest BCUT2D eigenvalue weighted by Gasteiger charge is -2.34. The molecule has 5 heteroatoms. The molecule has 2 rings (SSSR count). The first kappa shape index (κ1) is 14.5. The van der Waals surface area contributed by atoms with E-state index < -0.39 is 6.10 Å². The molecule has 0 saturated carbocycles. The summed E-state index contributed by atoms with van der Waals surface area (Å²) in [4.78, 5) is 19.4. The minimum absolute atomic E-state index is 0.0124. The maximum Gasteiger partial charge on any atom is 0.265 e. The van der Waals surface area contributed by atoms with Gasteiger partial charge in [0.1, 0.15) is 4.88 Å². The molecule has 4 nitrogen and oxygen atoms in total. The number of hydrogen-bond acceptors (Lipinski definition) is 4. The highest BCUT2D eigenvalue weighted by Crippen LogP contribution is 2.29. The molecule has 1 amide bonds. The van der Waals surface area contributed by atoms with Crippen LogP contribution in [0.4, 0.5) is 0 Å². The lowest BCUT2D eigenvalue weighted by molar-refractivity contribution is 0.0250. The average molecular weight is 282 g/mol. The van der Waals surface area contributed by atoms with Crippen molar-refractivity contribution in [1.29, 1.82) is 0 Å². The number of rotatable bonds is 1. The van der Waals surface area contributed by atoms with Crippen LogP contribution in [0.25, 0.3) is 0 Å². The number of carbonyl (C=O) groups is 1. The quantitative estimate of drug-likeness (QED) is 0.860. The molecule has 0 aromatic carbocycles. The van der Waals surface area contributed by atoms with Crippen molar-refractivity contribution in [3.05, 3.63) is 16.1 Å². The van der Waals surface area contributed by atoms with Gasteiger partial charge in [0.05, 0.1) is 17.3 Å². The van der Waals surface area contributed by atoms with Crippen LogP contribution in [0.5, 0.6) is 0 Å². The van der Waals surface area contributed by atoms with Gasteiger partial charge in [-0.25, -0.2) is 4.98 Å². The van der Waals surface area contributed by atoms with E-state index in [9.17, 15) is 9.90 Å². The van der Waals surface area contributed by atoms with Gasteiger partial charge < -0.3 is 10.0 Å². The highest BCUT2D eigenvalue weighted by Gasteiger charge is 2.32. The van der Waals surface area contributed by atoms with Crippen LogP contribution in [-0.2, 0) is 5.41 Å². The molecule has 1 aromatic heterocycles. The predicted octanol–water partition coefficient (Wildman–Crippen LogP) is 2.28. The summed E-state index contributed by atoms with van der Waals surface area (Å²) in [5.41, 5.74) is 2.46. The molecule has 1 aliphatic rings. The summed E-state index contributed by atoms with van der Waals surface area (Å²) in [5, 5.41) is 9.92. The van der Waals surface area contributed by atoms with Crippen molar-refractivity contribution in [3.63, 3.8) is 0 Å². The minimum atomic E-state index is -0.413. The zero-order chi connectivity index (χ0) is 14.2. The zero-order valence-electron chi connectivity index (χ0n) is 12.0. The van der Waals surface area contributed by atoms with Crippen LogP contribution in [0.1, 0.15) is 49.5 Å². The van der Waals surface area contributed by atoms with Crippen molar-refractivity contribution in [3.8, 4) is 0 Å². The third-order valence-electron chi connectivity index (χ3n) is 3.68. The Balaban J connectivity index is 2.19. The fourth-order valence-corrected chi connectivity index (χ4v) is 3.27. The second kappa shape index (κ2) is 5.21. The molecular weight excluding hydrogens is 260 g/mol. The lowest BCUT2D eigenvalue weighted by Crippen LogP contribution is -2.46. The Hall–Kier alpha value is -0.940. The summed E-state index contributed by atoms with van der Waals surface area (Å²) < 4.78 is 0. The molecule has 1 aliphatic heterocycles. The van der Waals surface area contributed by atoms with Crippen LogP contribution >= 0.6 is 11.3 Å². The van der Waals surface area contributed by atoms with Crippen molar-refractivity contribution in [2.75, 3.05) is 13.1 Å². The Labute approximate surface area is 118 Å². The monoisotopic (exact) mass is 282 g/mol. The molecule has 0 radical (unpaired) electrons. The van der Waals surface area contributed by atoms with E-state index in [4.69, 9.17) is 0 Å². The van der Waals surface area contributed by atoms with Gasteiger partial charge in [0.2, 0.25) is 0 Å². The summed E-state index contributed by atoms with van der Waals surface area (Å²) in [6.07, 6.45) is 0.444. The van der Waals surface area contributed by atoms with Gasteiger partial charge in [-0.15, -0.1) is 11.3 Å². The molecule has 1 aromatic rings. The van der Waals surface area contributed by atoms with Crippen molar-refractivity contribution >= 4 is 17.2 Å². The Bertz CT molecular complexity index is 464. The number of amides is 1. The van der Waals surface area contributed by atoms with Crippen molar-refractivity contribution < 1.29 is 9.90 Å². The number of piperidine rings is 1. The number of aliphatic hydroxyl groups is 1. The standard InChI is InChI=1S/C14H22N2O2S/c1-9-5-6-16(7-10(9)17)13(18)11-12(14(2,3)4)15-8-19-11/h8-10,17H,5-7H2,1-4H3. The SMILES string of the molecule is CC1CCN(C(=O)c2scnc2C(C)(C)C)CC1O. The van der Waals surface area contributed by atoms with Crippen molar-refractivity contribution in [1.82, 2.24) is 9.88 Å². The molecule has 2 atom stereocenters. The van der Waals surface area contributed by atoms with Gasteiger partial charge in [-0.3, -0.25) is 4.79 Å². The van der Waals surface area contributed by atoms with Crippen molar-refractivity contribution in [2.45, 2.75) is 45.6 Å². The largest absolute Gasteiger partial charge is 0.391 e. The van der Waals surface area contributed by atoms with Gasteiger partial charge in [0.25, 0.3) is 5.91 Å². The van der Waals surface area contributed by atoms with E-state index in [-0.39, 0.29) is 17.2 Å². The summed E-state index contributed by atoms with van der Waals surface area (Å²) in [7, 11) is 0. The van der Waals surface area contributed by atoms with E-state index in [2.05, 4.69) is 25.8 Å². The predicted molar refractivity (Wildman–Crippen MR) is 76.5 cm³/mol. The van der Waals surface area contributed by atoms with Gasteiger partial charge in [-0.05, 0) is 12.3 Å². The number of thiazole rings is 1. The van der Waals surface area contributed by atoms with Crippen LogP contribution in [0, 0.1) is 5.92 Å². The Kier molecular flexibility index (Phi) is 3.97. The maximum absolute atomic E-state index is 12.6. The smallest absolute Gasteiger partial charge is 0.265 e. The molecule has 1 fully saturated rings. The molecule has 2 unspecified atom stereocenters. The first-order valence-corrected chi connectivity index (χ1v) is 7.60. The van der Waals surface area contributed by atoms with Gasteiger partial charge in [-0.2, -0.15) is 0 Å². The second-order valence-corrected chi connectivity index (χ2v) is 7.22. The van der Waals surface area contributed by atoms with Crippen LogP contribution in [0.3, 0.4) is 0 Å². The Morgan fingerprint density at radius 2 is 2.21 bits per heavy atom. The third-order valence-corrected chi connectivity index (χ3v) is 4.49. The molecule has 0 aliphatic carbocycles. The zero-order valence-corrected chi connectivity index (χ0v) is 12.8. The maximum atomic E-state index is 12.6. The van der Waals surface area contributed by atoms with E-state index >= 15 is 0 Å². The fraction of sp³-hybridized carbons (Fsp3) is 0.714. The summed E-state index contributed by atoms with van der Waals surface area (Å²) in [6, 6.07) is 0. The van der Waals surface area contributed by atoms with E-state index in [0.717, 1.165) is 18.7 Å². The van der Waals surface area contributed by atoms with Gasteiger partial charge in [0.15, 0.2) is 0 Å². The van der Waals surface area contributed by atoms with Crippen molar-refractivity contribution in [2.24, 2.45) is 5.92 Å². The molecule has 1 N–H and O–H groups in total. The first-order chi connectivity index (χ1) is 8.80. The summed E-state index contributed by atoms with van der Waals surface area (Å²) >= 11 is 1.40. The number of carbonyl (C=O) groups excluding carboxylic acids is 1. The molecule has 0 bridgehead atoms. The number of β-amino-alcohol motifs (C(OH)–C–C–N with tert-alkyl or cyclic N) is 1. The fourth-order valence-electron chi connectivity index (χ4n) is 2.31. The highest BCUT2D eigenvalue weighted by atomic mass is 32.1. The normalized spacial score (nSPS) is 24.6. The number of likely N-dealkylation sites (tertiary alicyclic amines) is 1. The molecular formula is C14H22N2O2S. The molecule has 106 valence electrons. The summed E-state index contributed by atoms with van der Waals surface area (Å²) in [5.74, 6) is 0.283. The molecule has 19 heavy (non-hydrogen) atoms. The number of hydrogen-bond donors (Lipinski definition) is 1. The molecule has 1 saturated heterocycles. The van der Waals surface area contributed by atoms with E-state index in [0.29, 0.717) is 11.4 Å². The van der Waals surface area contributed by atoms with Crippen LogP contribution in [-0.4, -0.2) is 40.1 Å². The van der Waals surface area contributed by atoms with Crippen LogP contribution in [0.2, 0.25) is 0 Å². The Morgan fingerprint density at radius 1 is 1.53 bits per heavy atom. The van der Waals surface area contributed by atoms with E-state index in [1.807, 2.05) is 6.92 Å². The van der Waals surface area contributed by atoms with E-state index in [1.165, 1.54) is 11.3 Å². The van der Waals surface area contributed by atoms with Gasteiger partial charge >= 0.3 is 0 Å². The average Bonchev–Trinajstić information content (AvgIpc) is 2.80. The summed E-state index contributed by atoms with van der Waals surface area (Å²) in [6.45, 7) is 9.36. The van der Waals surface area contributed by atoms with Gasteiger partial charge in [0, 0.05) is 18.5 Å². The minimum Gasteiger partial charge on any atom is -0.391 e. The van der Waals surface area contributed by atoms with Crippen LogP contribution < -0.4 is 0 Å². The molecule has 0 spiro atoms. The van der Waals surface area contributed by atoms with Crippen LogP contribution in [0.15, 0.2) is 5.51 Å². The number of aliphatic hydroxyl groups excluding tert-OH is 1. The highest BCUT2D eigenvalue weighted by molar-refractivity contribution is 7.11. The topological polar surface area (TPSA) is 53.4 Å². The third kappa shape index (κ3) is 2.98. The Morgan fingerprint density at radius 3 is 2.79 bits per heavy atom. The first-order valence-electron chi connectivity index (χ1n) is 6.72. The van der Waals surface area contributed by atoms with Gasteiger partial charge in [-0.1, -0.05) is 27.7 Å². The second-order valence-electron chi connectivity index (χ2n) is 6.36.